The molecule has 0 saturated carbocycles. The van der Waals surface area contributed by atoms with Crippen LogP contribution in [-0.2, 0) is 13.1 Å². The Hall–Kier alpha value is -1.10. The molecule has 3 rings (SSSR count). The molecule has 0 fully saturated rings. The maximum atomic E-state index is 6.23. The fourth-order valence-corrected chi connectivity index (χ4v) is 3.48. The number of nitrogens with zero attached hydrogens (tertiary/aromatic N) is 2. The number of aromatic nitrogens is 2. The molecule has 0 aliphatic carbocycles. The van der Waals surface area contributed by atoms with Gasteiger partial charge in [-0.3, -0.25) is 4.90 Å². The third kappa shape index (κ3) is 2.32. The molecule has 1 aliphatic rings. The number of rotatable bonds is 2. The summed E-state index contributed by atoms with van der Waals surface area (Å²) in [4.78, 5) is 5.69. The van der Waals surface area contributed by atoms with E-state index in [-0.39, 0.29) is 0 Å². The highest BCUT2D eigenvalue weighted by molar-refractivity contribution is 7.71. The maximum absolute atomic E-state index is 6.23. The van der Waals surface area contributed by atoms with Crippen molar-refractivity contribution in [3.05, 3.63) is 39.6 Å². The van der Waals surface area contributed by atoms with Gasteiger partial charge in [0.2, 0.25) is 0 Å². The first-order chi connectivity index (χ1) is 9.45. The number of nitrogens with one attached hydrogen (secondary N) is 1. The van der Waals surface area contributed by atoms with Gasteiger partial charge in [-0.15, -0.1) is 0 Å². The van der Waals surface area contributed by atoms with Gasteiger partial charge >= 0.3 is 0 Å². The number of H-pyrrole nitrogens is 1. The quantitative estimate of drug-likeness (QED) is 0.666. The zero-order valence-electron chi connectivity index (χ0n) is 11.7. The van der Waals surface area contributed by atoms with Crippen LogP contribution in [0, 0.1) is 4.77 Å². The predicted octanol–water partition coefficient (Wildman–Crippen LogP) is 4.13. The summed E-state index contributed by atoms with van der Waals surface area (Å²) in [6.45, 7) is 11.0. The minimum Gasteiger partial charge on any atom is -0.331 e. The lowest BCUT2D eigenvalue weighted by Crippen LogP contribution is -2.35. The highest BCUT2D eigenvalue weighted by Crippen LogP contribution is 2.29. The third-order valence-corrected chi connectivity index (χ3v) is 4.37. The molecular formula is C15H18ClN3S. The summed E-state index contributed by atoms with van der Waals surface area (Å²) in [5.41, 5.74) is 4.62. The van der Waals surface area contributed by atoms with E-state index in [0.717, 1.165) is 34.9 Å². The van der Waals surface area contributed by atoms with E-state index in [9.17, 15) is 0 Å². The minimum atomic E-state index is 0.406. The van der Waals surface area contributed by atoms with Gasteiger partial charge in [-0.05, 0) is 43.8 Å². The van der Waals surface area contributed by atoms with Crippen LogP contribution in [0.1, 0.15) is 19.4 Å². The Morgan fingerprint density at radius 2 is 2.30 bits per heavy atom. The van der Waals surface area contributed by atoms with Gasteiger partial charge in [-0.25, -0.2) is 0 Å². The lowest BCUT2D eigenvalue weighted by Gasteiger charge is -2.27. The smallest absolute Gasteiger partial charge is 0.178 e. The van der Waals surface area contributed by atoms with Crippen molar-refractivity contribution in [2.75, 3.05) is 6.54 Å². The molecule has 1 atom stereocenters. The lowest BCUT2D eigenvalue weighted by molar-refractivity contribution is 0.206. The Kier molecular flexibility index (Phi) is 3.48. The van der Waals surface area contributed by atoms with Crippen molar-refractivity contribution in [1.82, 2.24) is 14.5 Å². The molecule has 0 saturated heterocycles. The van der Waals surface area contributed by atoms with Crippen molar-refractivity contribution in [3.8, 4) is 0 Å². The summed E-state index contributed by atoms with van der Waals surface area (Å²) in [6, 6.07) is 4.40. The number of imidazole rings is 1. The highest BCUT2D eigenvalue weighted by Gasteiger charge is 2.23. The molecule has 2 heterocycles. The van der Waals surface area contributed by atoms with E-state index in [1.165, 1.54) is 16.7 Å². The van der Waals surface area contributed by atoms with E-state index in [1.54, 1.807) is 0 Å². The lowest BCUT2D eigenvalue weighted by atomic mass is 10.1. The second kappa shape index (κ2) is 5.02. The summed E-state index contributed by atoms with van der Waals surface area (Å²) in [6.07, 6.45) is 0. The second-order valence-electron chi connectivity index (χ2n) is 5.71. The van der Waals surface area contributed by atoms with Gasteiger partial charge in [0.05, 0.1) is 11.0 Å². The van der Waals surface area contributed by atoms with E-state index in [0.29, 0.717) is 6.04 Å². The van der Waals surface area contributed by atoms with Crippen molar-refractivity contribution in [3.63, 3.8) is 0 Å². The van der Waals surface area contributed by atoms with Crippen LogP contribution in [-0.4, -0.2) is 27.0 Å². The molecule has 0 amide bonds. The summed E-state index contributed by atoms with van der Waals surface area (Å²) >= 11 is 11.7. The molecule has 3 nitrogen and oxygen atoms in total. The van der Waals surface area contributed by atoms with Crippen molar-refractivity contribution in [2.24, 2.45) is 0 Å². The van der Waals surface area contributed by atoms with Crippen molar-refractivity contribution < 1.29 is 0 Å². The first-order valence-corrected chi connectivity index (χ1v) is 7.53. The summed E-state index contributed by atoms with van der Waals surface area (Å²) in [5.74, 6) is 0. The fourth-order valence-electron chi connectivity index (χ4n) is 2.96. The second-order valence-corrected chi connectivity index (χ2v) is 6.54. The molecule has 1 aromatic heterocycles. The van der Waals surface area contributed by atoms with Gasteiger partial charge < -0.3 is 9.55 Å². The number of aromatic amines is 1. The minimum absolute atomic E-state index is 0.406. The summed E-state index contributed by atoms with van der Waals surface area (Å²) in [7, 11) is 0. The number of hydrogen-bond acceptors (Lipinski definition) is 2. The van der Waals surface area contributed by atoms with Crippen LogP contribution >= 0.6 is 23.8 Å². The first-order valence-electron chi connectivity index (χ1n) is 6.75. The molecule has 0 spiro atoms. The van der Waals surface area contributed by atoms with Crippen molar-refractivity contribution in [1.29, 1.82) is 0 Å². The van der Waals surface area contributed by atoms with Gasteiger partial charge in [0.1, 0.15) is 0 Å². The Morgan fingerprint density at radius 3 is 3.00 bits per heavy atom. The first kappa shape index (κ1) is 13.9. The number of halogens is 1. The number of benzene rings is 1. The van der Waals surface area contributed by atoms with Gasteiger partial charge in [-0.1, -0.05) is 23.8 Å². The predicted molar refractivity (Wildman–Crippen MR) is 86.8 cm³/mol. The SMILES string of the molecule is C=C(C)CN1Cc2cc(Cl)cc3[nH]c(=S)n(c23)CC1C. The Bertz CT molecular complexity index is 743. The third-order valence-electron chi connectivity index (χ3n) is 3.83. The molecule has 1 aliphatic heterocycles. The van der Waals surface area contributed by atoms with Gasteiger partial charge in [-0.2, -0.15) is 0 Å². The topological polar surface area (TPSA) is 24.0 Å². The monoisotopic (exact) mass is 307 g/mol. The summed E-state index contributed by atoms with van der Waals surface area (Å²) in [5, 5.41) is 0.751. The zero-order chi connectivity index (χ0) is 14.4. The van der Waals surface area contributed by atoms with Crippen molar-refractivity contribution >= 4 is 34.9 Å². The molecule has 1 aromatic carbocycles. The van der Waals surface area contributed by atoms with E-state index >= 15 is 0 Å². The maximum Gasteiger partial charge on any atom is 0.178 e. The Labute approximate surface area is 128 Å². The Balaban J connectivity index is 2.17. The van der Waals surface area contributed by atoms with Crippen LogP contribution in [0.4, 0.5) is 0 Å². The van der Waals surface area contributed by atoms with E-state index in [4.69, 9.17) is 23.8 Å². The zero-order valence-corrected chi connectivity index (χ0v) is 13.3. The van der Waals surface area contributed by atoms with Crippen LogP contribution in [0.5, 0.6) is 0 Å². The van der Waals surface area contributed by atoms with Crippen molar-refractivity contribution in [2.45, 2.75) is 33.0 Å². The van der Waals surface area contributed by atoms with E-state index < -0.39 is 0 Å². The standard InChI is InChI=1S/C15H18ClN3S/c1-9(2)6-18-8-11-4-12(16)5-13-14(11)19(7-10(18)3)15(20)17-13/h4-5,10H,1,6-8H2,2-3H3,(H,17,20). The molecule has 1 unspecified atom stereocenters. The average Bonchev–Trinajstić information content (AvgIpc) is 2.55. The van der Waals surface area contributed by atoms with Crippen LogP contribution in [0.2, 0.25) is 5.02 Å². The average molecular weight is 308 g/mol. The van der Waals surface area contributed by atoms with E-state index in [1.807, 2.05) is 12.1 Å². The van der Waals surface area contributed by atoms with Gasteiger partial charge in [0.25, 0.3) is 0 Å². The molecule has 2 aromatic rings. The van der Waals surface area contributed by atoms with Crippen LogP contribution in [0.3, 0.4) is 0 Å². The van der Waals surface area contributed by atoms with E-state index in [2.05, 4.69) is 34.9 Å². The molecule has 1 N–H and O–H groups in total. The molecule has 5 heteroatoms. The Morgan fingerprint density at radius 1 is 1.55 bits per heavy atom. The van der Waals surface area contributed by atoms with Gasteiger partial charge in [0, 0.05) is 30.7 Å². The molecule has 0 bridgehead atoms. The number of hydrogen-bond donors (Lipinski definition) is 1. The molecule has 106 valence electrons. The van der Waals surface area contributed by atoms with Crippen LogP contribution < -0.4 is 0 Å². The molecule has 20 heavy (non-hydrogen) atoms. The normalized spacial score (nSPS) is 19.2. The van der Waals surface area contributed by atoms with Crippen LogP contribution in [0.25, 0.3) is 11.0 Å². The van der Waals surface area contributed by atoms with Crippen LogP contribution in [0.15, 0.2) is 24.3 Å². The van der Waals surface area contributed by atoms with Gasteiger partial charge in [0.15, 0.2) is 4.77 Å². The molecule has 0 radical (unpaired) electrons. The summed E-state index contributed by atoms with van der Waals surface area (Å²) < 4.78 is 2.96. The highest BCUT2D eigenvalue weighted by atomic mass is 35.5. The molecular weight excluding hydrogens is 290 g/mol. The fraction of sp³-hybridized carbons (Fsp3) is 0.400. The largest absolute Gasteiger partial charge is 0.331 e.